The summed E-state index contributed by atoms with van der Waals surface area (Å²) in [6.45, 7) is 27.8. The number of hydrogen-bond donors (Lipinski definition) is 0. The third kappa shape index (κ3) is 9.69. The maximum atomic E-state index is 2.50. The lowest BCUT2D eigenvalue weighted by Crippen LogP contribution is -1.93. The van der Waals surface area contributed by atoms with Crippen molar-refractivity contribution in [1.29, 1.82) is 0 Å². The minimum Gasteiger partial charge on any atom is -0.341 e. The van der Waals surface area contributed by atoms with E-state index in [0.717, 1.165) is 39.3 Å². The average molecular weight is 1370 g/mol. The summed E-state index contributed by atoms with van der Waals surface area (Å²) >= 11 is 0. The highest BCUT2D eigenvalue weighted by molar-refractivity contribution is 6.16. The van der Waals surface area contributed by atoms with Crippen LogP contribution in [0.4, 0.5) is 0 Å². The van der Waals surface area contributed by atoms with Crippen molar-refractivity contribution in [3.05, 3.63) is 277 Å². The normalized spacial score (nSPS) is 12.3. The van der Waals surface area contributed by atoms with Gasteiger partial charge in [0, 0.05) is 170 Å². The Balaban J connectivity index is 0.728. The monoisotopic (exact) mass is 1370 g/mol. The molecule has 0 saturated heterocycles. The molecule has 20 aromatic rings. The first-order valence-electron chi connectivity index (χ1n) is 38.4. The van der Waals surface area contributed by atoms with E-state index in [2.05, 4.69) is 351 Å². The second-order valence-electron chi connectivity index (χ2n) is 30.0. The molecule has 0 aliphatic carbocycles. The van der Waals surface area contributed by atoms with Crippen LogP contribution in [-0.4, -0.2) is 27.4 Å². The molecule has 0 amide bonds. The highest BCUT2D eigenvalue weighted by atomic mass is 15.0. The van der Waals surface area contributed by atoms with Crippen molar-refractivity contribution < 1.29 is 0 Å². The van der Waals surface area contributed by atoms with Crippen molar-refractivity contribution in [2.24, 2.45) is 0 Å². The van der Waals surface area contributed by atoms with Gasteiger partial charge in [0.15, 0.2) is 0 Å². The van der Waals surface area contributed by atoms with Gasteiger partial charge < -0.3 is 27.4 Å². The van der Waals surface area contributed by atoms with Crippen LogP contribution in [0.3, 0.4) is 0 Å². The van der Waals surface area contributed by atoms with Crippen LogP contribution in [-0.2, 0) is 39.3 Å². The van der Waals surface area contributed by atoms with Gasteiger partial charge in [-0.2, -0.15) is 0 Å². The maximum Gasteiger partial charge on any atom is 0.0491 e. The molecule has 0 fully saturated rings. The number of rotatable bonds is 13. The molecule has 0 spiro atoms. The molecule has 514 valence electrons. The van der Waals surface area contributed by atoms with Gasteiger partial charge in [0.1, 0.15) is 0 Å². The highest BCUT2D eigenvalue weighted by Crippen LogP contribution is 2.46. The van der Waals surface area contributed by atoms with Crippen LogP contribution in [0.15, 0.2) is 255 Å². The molecular formula is C100H84N6. The Morgan fingerprint density at radius 3 is 0.406 bits per heavy atom. The molecule has 14 aromatic carbocycles. The fourth-order valence-electron chi connectivity index (χ4n) is 18.8. The van der Waals surface area contributed by atoms with Crippen LogP contribution in [0.1, 0.15) is 63.8 Å². The summed E-state index contributed by atoms with van der Waals surface area (Å²) in [5.41, 5.74) is 37.2. The Labute approximate surface area is 617 Å². The molecule has 0 atom stereocenters. The summed E-state index contributed by atoms with van der Waals surface area (Å²) in [7, 11) is 0. The number of hydrogen-bond acceptors (Lipinski definition) is 0. The molecule has 0 bridgehead atoms. The van der Waals surface area contributed by atoms with Crippen molar-refractivity contribution in [2.75, 3.05) is 0 Å². The molecule has 20 rings (SSSR count). The SMILES string of the molecule is CCn1c2ccc(C)cc2c2cc(-c3cc(-c4ccc5c(c4)c4cc(C)ccc4n5CC)cc(-c4ccc5c(c4)c4cc(-c6ccc7c(c6)c6cc(-c8cc(-c9ccc%10c(c9)c9cc(C)ccc9n%10CC)cc(-c9ccc%10c(c9)c9cc(C)ccc9n%10CC)c8)ccc6n7CC)ccc4n5CC)c3)ccc21. The average Bonchev–Trinajstić information content (AvgIpc) is 1.62. The fraction of sp³-hybridized carbons (Fsp3) is 0.160. The van der Waals surface area contributed by atoms with E-state index in [4.69, 9.17) is 0 Å². The van der Waals surface area contributed by atoms with Crippen molar-refractivity contribution >= 4 is 131 Å². The molecule has 0 saturated carbocycles. The molecule has 6 aromatic heterocycles. The number of aromatic nitrogens is 6. The topological polar surface area (TPSA) is 29.6 Å². The van der Waals surface area contributed by atoms with Crippen LogP contribution < -0.4 is 0 Å². The lowest BCUT2D eigenvalue weighted by molar-refractivity contribution is 0.827. The molecule has 106 heavy (non-hydrogen) atoms. The maximum absolute atomic E-state index is 2.50. The molecular weight excluding hydrogens is 1290 g/mol. The third-order valence-corrected chi connectivity index (χ3v) is 23.9. The van der Waals surface area contributed by atoms with Crippen LogP contribution in [0, 0.1) is 27.7 Å². The van der Waals surface area contributed by atoms with Crippen molar-refractivity contribution in [3.8, 4) is 77.9 Å². The van der Waals surface area contributed by atoms with Crippen molar-refractivity contribution in [1.82, 2.24) is 27.4 Å². The largest absolute Gasteiger partial charge is 0.341 e. The lowest BCUT2D eigenvalue weighted by atomic mass is 9.91. The zero-order valence-electron chi connectivity index (χ0n) is 62.2. The molecule has 6 heterocycles. The highest BCUT2D eigenvalue weighted by Gasteiger charge is 2.22. The zero-order valence-corrected chi connectivity index (χ0v) is 62.2. The van der Waals surface area contributed by atoms with E-state index in [-0.39, 0.29) is 0 Å². The van der Waals surface area contributed by atoms with E-state index in [0.29, 0.717) is 0 Å². The fourth-order valence-corrected chi connectivity index (χ4v) is 18.8. The molecule has 0 N–H and O–H groups in total. The van der Waals surface area contributed by atoms with E-state index in [1.54, 1.807) is 0 Å². The summed E-state index contributed by atoms with van der Waals surface area (Å²) in [5, 5.41) is 15.5. The Kier molecular flexibility index (Phi) is 14.5. The summed E-state index contributed by atoms with van der Waals surface area (Å²) in [6, 6.07) is 99.7. The van der Waals surface area contributed by atoms with Gasteiger partial charge in [0.2, 0.25) is 0 Å². The predicted molar refractivity (Wildman–Crippen MR) is 455 cm³/mol. The van der Waals surface area contributed by atoms with E-state index >= 15 is 0 Å². The minimum atomic E-state index is 0.860. The number of fused-ring (bicyclic) bond motifs is 18. The Hall–Kier alpha value is -12.1. The Morgan fingerprint density at radius 1 is 0.142 bits per heavy atom. The molecule has 0 radical (unpaired) electrons. The van der Waals surface area contributed by atoms with Crippen LogP contribution >= 0.6 is 0 Å². The van der Waals surface area contributed by atoms with Crippen LogP contribution in [0.5, 0.6) is 0 Å². The first-order chi connectivity index (χ1) is 51.8. The van der Waals surface area contributed by atoms with Gasteiger partial charge in [0.05, 0.1) is 0 Å². The number of nitrogens with zero attached hydrogens (tertiary/aromatic N) is 6. The van der Waals surface area contributed by atoms with Crippen LogP contribution in [0.25, 0.3) is 209 Å². The van der Waals surface area contributed by atoms with Crippen molar-refractivity contribution in [3.63, 3.8) is 0 Å². The number of benzene rings is 14. The first-order valence-corrected chi connectivity index (χ1v) is 38.4. The minimum absolute atomic E-state index is 0.860. The van der Waals surface area contributed by atoms with Gasteiger partial charge in [-0.15, -0.1) is 0 Å². The summed E-state index contributed by atoms with van der Waals surface area (Å²) in [6.07, 6.45) is 0. The Bertz CT molecular complexity index is 6420. The van der Waals surface area contributed by atoms with E-state index in [9.17, 15) is 0 Å². The first kappa shape index (κ1) is 63.6. The van der Waals surface area contributed by atoms with Crippen LogP contribution in [0.2, 0.25) is 0 Å². The predicted octanol–water partition coefficient (Wildman–Crippen LogP) is 27.4. The van der Waals surface area contributed by atoms with Gasteiger partial charge in [-0.1, -0.05) is 95.1 Å². The molecule has 0 aliphatic heterocycles. The molecule has 0 aliphatic rings. The van der Waals surface area contributed by atoms with E-state index < -0.39 is 0 Å². The molecule has 0 unspecified atom stereocenters. The third-order valence-electron chi connectivity index (χ3n) is 23.9. The molecule has 6 nitrogen and oxygen atoms in total. The standard InChI is InChI=1S/C100H84N6/c1-11-101-89-29-17-59(7)41-77(89)81-53-65(23-35-93(81)101)71-45-72(66-24-36-94-82(54-66)78-42-60(8)18-30-90(78)102(94)12-2)48-75(47-71)69-27-39-99-87(57-69)85-51-63(21-33-97(85)105(99)15-5)64-22-34-98-86(52-64)88-58-70(28-40-100(88)106(98)16-6)76-49-73(67-25-37-95-83(55-67)79-43-61(9)19-31-91(79)103(95)13-3)46-74(50-76)68-26-38-96-84(56-68)80-44-62(10)20-32-92(80)104(96)14-4/h17-58H,11-16H2,1-10H3. The summed E-state index contributed by atoms with van der Waals surface area (Å²) in [4.78, 5) is 0. The van der Waals surface area contributed by atoms with Gasteiger partial charge in [-0.25, -0.2) is 0 Å². The van der Waals surface area contributed by atoms with Gasteiger partial charge >= 0.3 is 0 Å². The van der Waals surface area contributed by atoms with Crippen molar-refractivity contribution in [2.45, 2.75) is 109 Å². The second kappa shape index (κ2) is 24.2. The molecule has 6 heteroatoms. The second-order valence-corrected chi connectivity index (χ2v) is 30.0. The van der Waals surface area contributed by atoms with Gasteiger partial charge in [-0.3, -0.25) is 0 Å². The Morgan fingerprint density at radius 2 is 0.264 bits per heavy atom. The van der Waals surface area contributed by atoms with Gasteiger partial charge in [-0.05, 0) is 329 Å². The zero-order chi connectivity index (χ0) is 71.7. The summed E-state index contributed by atoms with van der Waals surface area (Å²) in [5.74, 6) is 0. The van der Waals surface area contributed by atoms with E-state index in [1.165, 1.54) is 231 Å². The lowest BCUT2D eigenvalue weighted by Gasteiger charge is -2.13. The smallest absolute Gasteiger partial charge is 0.0491 e. The number of aryl methyl sites for hydroxylation is 10. The quantitative estimate of drug-likeness (QED) is 0.110. The van der Waals surface area contributed by atoms with E-state index in [1.807, 2.05) is 0 Å². The summed E-state index contributed by atoms with van der Waals surface area (Å²) < 4.78 is 14.9. The van der Waals surface area contributed by atoms with Gasteiger partial charge in [0.25, 0.3) is 0 Å².